The van der Waals surface area contributed by atoms with E-state index in [0.717, 1.165) is 0 Å². The van der Waals surface area contributed by atoms with Crippen LogP contribution in [-0.4, -0.2) is 6.71 Å². The highest BCUT2D eigenvalue weighted by atomic mass is 14.3. The van der Waals surface area contributed by atoms with Crippen molar-refractivity contribution in [2.45, 2.75) is 39.5 Å². The van der Waals surface area contributed by atoms with E-state index in [0.29, 0.717) is 11.8 Å². The minimum absolute atomic E-state index is 0.249. The van der Waals surface area contributed by atoms with Crippen molar-refractivity contribution in [1.82, 2.24) is 0 Å². The largest absolute Gasteiger partial charge is 0.242 e. The second-order valence-corrected chi connectivity index (χ2v) is 10.9. The van der Waals surface area contributed by atoms with Gasteiger partial charge in [-0.3, -0.25) is 0 Å². The fraction of sp³-hybridized carbons (Fsp3) is 0.176. The molecule has 7 rings (SSSR count). The second kappa shape index (κ2) is 7.46. The van der Waals surface area contributed by atoms with Gasteiger partial charge in [0.2, 0.25) is 6.71 Å². The molecule has 0 bridgehead atoms. The van der Waals surface area contributed by atoms with Crippen molar-refractivity contribution in [3.8, 4) is 11.1 Å². The average Bonchev–Trinajstić information content (AvgIpc) is 2.88. The summed E-state index contributed by atoms with van der Waals surface area (Å²) >= 11 is 0. The summed E-state index contributed by atoms with van der Waals surface area (Å²) in [7, 11) is 0. The van der Waals surface area contributed by atoms with Crippen molar-refractivity contribution >= 4 is 55.4 Å². The van der Waals surface area contributed by atoms with E-state index < -0.39 is 0 Å². The zero-order chi connectivity index (χ0) is 23.8. The van der Waals surface area contributed by atoms with Gasteiger partial charge in [0.05, 0.1) is 0 Å². The molecule has 1 heteroatoms. The van der Waals surface area contributed by atoms with E-state index in [1.165, 1.54) is 71.0 Å². The standard InChI is InChI=1S/C34H29B/c1-20(2)26-18-27(21(3)4)29-19-28-24-12-8-9-13-30(24)35(23-10-6-5-7-11-23)31-17-15-22-14-16-25(26)33(29)32(22)34(28)31/h5-21H,1-4H3. The van der Waals surface area contributed by atoms with Crippen molar-refractivity contribution in [1.29, 1.82) is 0 Å². The predicted molar refractivity (Wildman–Crippen MR) is 155 cm³/mol. The van der Waals surface area contributed by atoms with Gasteiger partial charge in [0, 0.05) is 0 Å². The summed E-state index contributed by atoms with van der Waals surface area (Å²) in [5, 5.41) is 8.56. The molecule has 0 N–H and O–H groups in total. The van der Waals surface area contributed by atoms with Crippen LogP contribution < -0.4 is 16.4 Å². The summed E-state index contributed by atoms with van der Waals surface area (Å²) in [5.74, 6) is 0.960. The molecule has 0 radical (unpaired) electrons. The molecule has 1 heterocycles. The van der Waals surface area contributed by atoms with Crippen LogP contribution in [0.1, 0.15) is 50.7 Å². The molecule has 6 aromatic carbocycles. The molecule has 0 spiro atoms. The van der Waals surface area contributed by atoms with Crippen molar-refractivity contribution in [2.24, 2.45) is 0 Å². The highest BCUT2D eigenvalue weighted by Crippen LogP contribution is 2.45. The molecule has 0 aliphatic carbocycles. The lowest BCUT2D eigenvalue weighted by molar-refractivity contribution is 0.847. The Morgan fingerprint density at radius 1 is 0.514 bits per heavy atom. The Morgan fingerprint density at radius 3 is 1.97 bits per heavy atom. The molecule has 0 saturated heterocycles. The number of benzene rings is 6. The second-order valence-electron chi connectivity index (χ2n) is 10.9. The quantitative estimate of drug-likeness (QED) is 0.196. The maximum absolute atomic E-state index is 2.52. The van der Waals surface area contributed by atoms with Gasteiger partial charge in [0.25, 0.3) is 0 Å². The maximum atomic E-state index is 2.52. The first-order chi connectivity index (χ1) is 17.0. The van der Waals surface area contributed by atoms with Gasteiger partial charge < -0.3 is 0 Å². The van der Waals surface area contributed by atoms with Gasteiger partial charge in [-0.05, 0) is 72.5 Å². The highest BCUT2D eigenvalue weighted by molar-refractivity contribution is 6.98. The molecule has 0 unspecified atom stereocenters. The molecule has 168 valence electrons. The van der Waals surface area contributed by atoms with E-state index in [4.69, 9.17) is 0 Å². The number of rotatable bonds is 3. The molecule has 0 fully saturated rings. The molecule has 0 saturated carbocycles. The molecule has 0 nitrogen and oxygen atoms in total. The van der Waals surface area contributed by atoms with Crippen LogP contribution >= 0.6 is 0 Å². The number of fused-ring (bicyclic) bond motifs is 2. The summed E-state index contributed by atoms with van der Waals surface area (Å²) in [5.41, 5.74) is 9.94. The number of hydrogen-bond donors (Lipinski definition) is 0. The van der Waals surface area contributed by atoms with E-state index >= 15 is 0 Å². The minimum Gasteiger partial charge on any atom is -0.0686 e. The Kier molecular flexibility index (Phi) is 4.43. The van der Waals surface area contributed by atoms with Crippen LogP contribution in [0, 0.1) is 0 Å². The highest BCUT2D eigenvalue weighted by Gasteiger charge is 2.33. The van der Waals surface area contributed by atoms with Gasteiger partial charge in [-0.1, -0.05) is 129 Å². The molecular weight excluding hydrogens is 419 g/mol. The predicted octanol–water partition coefficient (Wildman–Crippen LogP) is 7.33. The number of hydrogen-bond acceptors (Lipinski definition) is 0. The Hall–Kier alpha value is -3.58. The summed E-state index contributed by atoms with van der Waals surface area (Å²) in [6, 6.07) is 34.6. The zero-order valence-electron chi connectivity index (χ0n) is 20.9. The minimum atomic E-state index is 0.249. The van der Waals surface area contributed by atoms with Crippen LogP contribution in [-0.2, 0) is 0 Å². The third-order valence-corrected chi connectivity index (χ3v) is 8.23. The van der Waals surface area contributed by atoms with E-state index in [2.05, 4.69) is 119 Å². The van der Waals surface area contributed by atoms with Crippen LogP contribution in [0.2, 0.25) is 0 Å². The average molecular weight is 448 g/mol. The molecule has 35 heavy (non-hydrogen) atoms. The Bertz CT molecular complexity index is 1740. The van der Waals surface area contributed by atoms with Crippen LogP contribution in [0.4, 0.5) is 0 Å². The summed E-state index contributed by atoms with van der Waals surface area (Å²) in [6.45, 7) is 9.59. The van der Waals surface area contributed by atoms with Gasteiger partial charge in [0.1, 0.15) is 0 Å². The Labute approximate surface area is 208 Å². The molecule has 0 aromatic heterocycles. The molecule has 0 atom stereocenters. The SMILES string of the molecule is CC(C)c1cc(C(C)C)c2cc3c4c(ccc5ccc1c2c54)B(c1ccccc1)c1ccccc1-3. The van der Waals surface area contributed by atoms with E-state index in [1.54, 1.807) is 0 Å². The van der Waals surface area contributed by atoms with Gasteiger partial charge in [0.15, 0.2) is 0 Å². The van der Waals surface area contributed by atoms with Crippen molar-refractivity contribution in [2.75, 3.05) is 0 Å². The molecule has 1 aliphatic rings. The monoisotopic (exact) mass is 448 g/mol. The van der Waals surface area contributed by atoms with Crippen molar-refractivity contribution in [3.63, 3.8) is 0 Å². The van der Waals surface area contributed by atoms with Crippen LogP contribution in [0.5, 0.6) is 0 Å². The van der Waals surface area contributed by atoms with E-state index in [1.807, 2.05) is 0 Å². The van der Waals surface area contributed by atoms with Crippen LogP contribution in [0.15, 0.2) is 91.0 Å². The first-order valence-corrected chi connectivity index (χ1v) is 13.0. The van der Waals surface area contributed by atoms with E-state index in [9.17, 15) is 0 Å². The molecule has 0 amide bonds. The van der Waals surface area contributed by atoms with Gasteiger partial charge >= 0.3 is 0 Å². The lowest BCUT2D eigenvalue weighted by atomic mass is 9.33. The van der Waals surface area contributed by atoms with Crippen molar-refractivity contribution in [3.05, 3.63) is 102 Å². The van der Waals surface area contributed by atoms with Gasteiger partial charge in [-0.15, -0.1) is 0 Å². The Balaban J connectivity index is 1.73. The third-order valence-electron chi connectivity index (χ3n) is 8.23. The van der Waals surface area contributed by atoms with Crippen molar-refractivity contribution < 1.29 is 0 Å². The summed E-state index contributed by atoms with van der Waals surface area (Å²) in [4.78, 5) is 0. The lowest BCUT2D eigenvalue weighted by Gasteiger charge is -2.30. The molecule has 6 aromatic rings. The fourth-order valence-corrected chi connectivity index (χ4v) is 6.66. The Morgan fingerprint density at radius 2 is 1.20 bits per heavy atom. The third kappa shape index (κ3) is 2.82. The van der Waals surface area contributed by atoms with Crippen LogP contribution in [0.3, 0.4) is 0 Å². The fourth-order valence-electron chi connectivity index (χ4n) is 6.66. The first-order valence-electron chi connectivity index (χ1n) is 13.0. The van der Waals surface area contributed by atoms with Gasteiger partial charge in [-0.2, -0.15) is 0 Å². The molecular formula is C34H29B. The topological polar surface area (TPSA) is 0 Å². The first kappa shape index (κ1) is 20.8. The lowest BCUT2D eigenvalue weighted by Crippen LogP contribution is -2.54. The van der Waals surface area contributed by atoms with Crippen LogP contribution in [0.25, 0.3) is 43.4 Å². The maximum Gasteiger partial charge on any atom is 0.242 e. The smallest absolute Gasteiger partial charge is 0.0686 e. The normalized spacial score (nSPS) is 13.0. The molecule has 1 aliphatic heterocycles. The summed E-state index contributed by atoms with van der Waals surface area (Å²) in [6.07, 6.45) is 0. The van der Waals surface area contributed by atoms with Gasteiger partial charge in [-0.25, -0.2) is 0 Å². The zero-order valence-corrected chi connectivity index (χ0v) is 20.9. The van der Waals surface area contributed by atoms with E-state index in [-0.39, 0.29) is 6.71 Å². The summed E-state index contributed by atoms with van der Waals surface area (Å²) < 4.78 is 0.